The van der Waals surface area contributed by atoms with E-state index in [-0.39, 0.29) is 24.3 Å². The maximum absolute atomic E-state index is 14.3. The van der Waals surface area contributed by atoms with Crippen molar-refractivity contribution in [3.8, 4) is 23.0 Å². The van der Waals surface area contributed by atoms with E-state index in [1.165, 1.54) is 0 Å². The van der Waals surface area contributed by atoms with Crippen LogP contribution in [0.25, 0.3) is 0 Å². The van der Waals surface area contributed by atoms with Gasteiger partial charge >= 0.3 is 18.5 Å². The van der Waals surface area contributed by atoms with Gasteiger partial charge < -0.3 is 20.9 Å². The van der Waals surface area contributed by atoms with Crippen molar-refractivity contribution in [3.05, 3.63) is 70.3 Å². The van der Waals surface area contributed by atoms with Gasteiger partial charge in [-0.25, -0.2) is 17.6 Å². The predicted molar refractivity (Wildman–Crippen MR) is 103 cm³/mol. The zero-order chi connectivity index (χ0) is 29.0. The number of hydrogen-bond acceptors (Lipinski definition) is 4. The summed E-state index contributed by atoms with van der Waals surface area (Å²) in [6, 6.07) is 0.0501. The molecular weight excluding hydrogens is 559 g/mol. The molecule has 0 fully saturated rings. The van der Waals surface area contributed by atoms with E-state index in [0.29, 0.717) is 6.07 Å². The first-order valence-electron chi connectivity index (χ1n) is 9.49. The molecule has 38 heavy (non-hydrogen) atoms. The van der Waals surface area contributed by atoms with Crippen LogP contribution in [0.1, 0.15) is 16.7 Å². The zero-order valence-electron chi connectivity index (χ0n) is 17.8. The molecule has 3 aromatic rings. The van der Waals surface area contributed by atoms with Crippen molar-refractivity contribution in [2.45, 2.75) is 18.5 Å². The van der Waals surface area contributed by atoms with Crippen LogP contribution in [-0.4, -0.2) is 0 Å². The summed E-state index contributed by atoms with van der Waals surface area (Å²) in [5.41, 5.74) is 0.508. The summed E-state index contributed by atoms with van der Waals surface area (Å²) in [6.07, 6.45) is -16.2. The Labute approximate surface area is 202 Å². The molecule has 0 amide bonds. The first-order chi connectivity index (χ1) is 17.2. The second kappa shape index (κ2) is 9.36. The van der Waals surface area contributed by atoms with Crippen LogP contribution in [0.15, 0.2) is 30.3 Å². The van der Waals surface area contributed by atoms with Crippen LogP contribution < -0.4 is 20.9 Å². The number of ether oxygens (including phenoxy) is 2. The predicted octanol–water partition coefficient (Wildman–Crippen LogP) is 8.05. The lowest BCUT2D eigenvalue weighted by Gasteiger charge is -2.17. The highest BCUT2D eigenvalue weighted by Crippen LogP contribution is 2.44. The molecule has 0 aliphatic carbocycles. The van der Waals surface area contributed by atoms with Crippen LogP contribution in [0.3, 0.4) is 0 Å². The van der Waals surface area contributed by atoms with Gasteiger partial charge in [0, 0.05) is 6.07 Å². The fraction of sp³-hybridized carbons (Fsp3) is 0.143. The smallest absolute Gasteiger partial charge is 0.419 e. The first kappa shape index (κ1) is 28.5. The van der Waals surface area contributed by atoms with Gasteiger partial charge in [0.25, 0.3) is 0 Å². The molecule has 0 spiro atoms. The second-order valence-electron chi connectivity index (χ2n) is 7.32. The minimum atomic E-state index is -5.44. The Morgan fingerprint density at radius 3 is 1.11 bits per heavy atom. The lowest BCUT2D eigenvalue weighted by molar-refractivity contribution is -0.140. The van der Waals surface area contributed by atoms with E-state index in [2.05, 4.69) is 9.47 Å². The normalized spacial score (nSPS) is 12.6. The highest BCUT2D eigenvalue weighted by Gasteiger charge is 2.39. The Kier molecular flexibility index (Phi) is 7.02. The minimum absolute atomic E-state index is 0.0929. The van der Waals surface area contributed by atoms with E-state index in [9.17, 15) is 57.1 Å². The monoisotopic (exact) mass is 568 g/mol. The Balaban J connectivity index is 2.15. The summed E-state index contributed by atoms with van der Waals surface area (Å²) in [6.45, 7) is 0. The van der Waals surface area contributed by atoms with Crippen LogP contribution in [0.2, 0.25) is 0 Å². The van der Waals surface area contributed by atoms with Crippen molar-refractivity contribution in [1.29, 1.82) is 0 Å². The SMILES string of the molecule is Nc1c(F)c(Oc2cc(Oc3cc(C(F)(F)F)c(F)c(N)c3F)cc(C(F)(F)F)c2)cc(C(F)(F)F)c1F. The molecule has 0 aliphatic rings. The number of nitrogen functional groups attached to an aromatic ring is 2. The number of rotatable bonds is 4. The Morgan fingerprint density at radius 2 is 0.816 bits per heavy atom. The first-order valence-corrected chi connectivity index (χ1v) is 9.49. The van der Waals surface area contributed by atoms with E-state index in [4.69, 9.17) is 11.5 Å². The molecule has 4 nitrogen and oxygen atoms in total. The molecule has 0 aromatic heterocycles. The fourth-order valence-corrected chi connectivity index (χ4v) is 2.93. The number of alkyl halides is 9. The lowest BCUT2D eigenvalue weighted by atomic mass is 10.1. The van der Waals surface area contributed by atoms with E-state index in [1.54, 1.807) is 0 Å². The average Bonchev–Trinajstić information content (AvgIpc) is 2.77. The Bertz CT molecular complexity index is 1300. The molecule has 0 atom stereocenters. The van der Waals surface area contributed by atoms with Crippen LogP contribution in [0.4, 0.5) is 68.5 Å². The van der Waals surface area contributed by atoms with Gasteiger partial charge in [-0.15, -0.1) is 0 Å². The highest BCUT2D eigenvalue weighted by atomic mass is 19.4. The molecule has 3 rings (SSSR count). The molecule has 17 heteroatoms. The maximum atomic E-state index is 14.3. The highest BCUT2D eigenvalue weighted by molar-refractivity contribution is 5.55. The van der Waals surface area contributed by atoms with Gasteiger partial charge in [-0.05, 0) is 24.3 Å². The van der Waals surface area contributed by atoms with Crippen molar-refractivity contribution in [2.75, 3.05) is 11.5 Å². The summed E-state index contributed by atoms with van der Waals surface area (Å²) >= 11 is 0. The standard InChI is InChI=1S/C21H9F13N2O2/c22-13-9(20(29,30)31)4-11(15(24)17(13)35)37-7-1-6(19(26,27)28)2-8(3-7)38-12-5-10(21(32,33)34)14(23)18(36)16(12)25/h1-5H,35-36H2. The van der Waals surface area contributed by atoms with Gasteiger partial charge in [-0.3, -0.25) is 0 Å². The van der Waals surface area contributed by atoms with E-state index in [0.717, 1.165) is 0 Å². The summed E-state index contributed by atoms with van der Waals surface area (Å²) in [5.74, 6) is -13.7. The van der Waals surface area contributed by atoms with Gasteiger partial charge in [0.1, 0.15) is 22.9 Å². The zero-order valence-corrected chi connectivity index (χ0v) is 17.8. The number of halogens is 13. The van der Waals surface area contributed by atoms with E-state index >= 15 is 0 Å². The van der Waals surface area contributed by atoms with Crippen molar-refractivity contribution in [1.82, 2.24) is 0 Å². The summed E-state index contributed by atoms with van der Waals surface area (Å²) in [5, 5.41) is 0. The van der Waals surface area contributed by atoms with Gasteiger partial charge in [-0.2, -0.15) is 39.5 Å². The third kappa shape index (κ3) is 5.60. The van der Waals surface area contributed by atoms with Crippen molar-refractivity contribution >= 4 is 11.4 Å². The summed E-state index contributed by atoms with van der Waals surface area (Å²) < 4.78 is 184. The molecule has 206 valence electrons. The third-order valence-electron chi connectivity index (χ3n) is 4.68. The van der Waals surface area contributed by atoms with Crippen LogP contribution in [0, 0.1) is 23.3 Å². The van der Waals surface area contributed by atoms with Crippen LogP contribution in [0.5, 0.6) is 23.0 Å². The van der Waals surface area contributed by atoms with Crippen LogP contribution >= 0.6 is 0 Å². The van der Waals surface area contributed by atoms with Gasteiger partial charge in [0.2, 0.25) is 0 Å². The minimum Gasteiger partial charge on any atom is -0.454 e. The van der Waals surface area contributed by atoms with Crippen molar-refractivity contribution in [2.24, 2.45) is 0 Å². The molecule has 3 aromatic carbocycles. The largest absolute Gasteiger partial charge is 0.454 e. The maximum Gasteiger partial charge on any atom is 0.419 e. The van der Waals surface area contributed by atoms with Gasteiger partial charge in [0.05, 0.1) is 16.7 Å². The molecule has 0 radical (unpaired) electrons. The third-order valence-corrected chi connectivity index (χ3v) is 4.68. The lowest BCUT2D eigenvalue weighted by Crippen LogP contribution is -2.12. The number of hydrogen-bond donors (Lipinski definition) is 2. The Hall–Kier alpha value is -4.05. The molecule has 4 N–H and O–H groups in total. The molecule has 0 saturated carbocycles. The second-order valence-corrected chi connectivity index (χ2v) is 7.32. The molecule has 0 saturated heterocycles. The van der Waals surface area contributed by atoms with Gasteiger partial charge in [0.15, 0.2) is 34.8 Å². The average molecular weight is 568 g/mol. The molecule has 0 aliphatic heterocycles. The number of nitrogens with two attached hydrogens (primary N) is 2. The van der Waals surface area contributed by atoms with E-state index < -0.39 is 92.9 Å². The number of benzene rings is 3. The Morgan fingerprint density at radius 1 is 0.474 bits per heavy atom. The van der Waals surface area contributed by atoms with Gasteiger partial charge in [-0.1, -0.05) is 0 Å². The molecule has 0 bridgehead atoms. The van der Waals surface area contributed by atoms with Crippen molar-refractivity contribution in [3.63, 3.8) is 0 Å². The molecule has 0 heterocycles. The van der Waals surface area contributed by atoms with Crippen LogP contribution in [-0.2, 0) is 18.5 Å². The number of anilines is 2. The summed E-state index contributed by atoms with van der Waals surface area (Å²) in [7, 11) is 0. The topological polar surface area (TPSA) is 70.5 Å². The van der Waals surface area contributed by atoms with E-state index in [1.807, 2.05) is 0 Å². The quantitative estimate of drug-likeness (QED) is 0.247. The molecular formula is C21H9F13N2O2. The molecule has 0 unspecified atom stereocenters. The van der Waals surface area contributed by atoms with Crippen molar-refractivity contribution < 1.29 is 66.5 Å². The summed E-state index contributed by atoms with van der Waals surface area (Å²) in [4.78, 5) is 0. The fourth-order valence-electron chi connectivity index (χ4n) is 2.93.